The second kappa shape index (κ2) is 6.08. The zero-order valence-electron chi connectivity index (χ0n) is 13.7. The third-order valence-electron chi connectivity index (χ3n) is 4.30. The zero-order valence-corrected chi connectivity index (χ0v) is 13.7. The number of anilines is 1. The molecule has 0 saturated carbocycles. The predicted molar refractivity (Wildman–Crippen MR) is 89.0 cm³/mol. The number of H-pyrrole nitrogens is 1. The maximum atomic E-state index is 4.22. The van der Waals surface area contributed by atoms with E-state index in [1.54, 1.807) is 6.33 Å². The number of aromatic amines is 1. The summed E-state index contributed by atoms with van der Waals surface area (Å²) in [7, 11) is 0. The molecule has 0 radical (unpaired) electrons. The Bertz CT molecular complexity index is 575. The molecule has 0 amide bonds. The topological polar surface area (TPSA) is 48.1 Å². The quantitative estimate of drug-likeness (QED) is 0.945. The average Bonchev–Trinajstić information content (AvgIpc) is 3.02. The Labute approximate surface area is 132 Å². The van der Waals surface area contributed by atoms with E-state index >= 15 is 0 Å². The summed E-state index contributed by atoms with van der Waals surface area (Å²) in [5.74, 6) is 0.884. The maximum Gasteiger partial charge on any atom is 0.221 e. The summed E-state index contributed by atoms with van der Waals surface area (Å²) >= 11 is 0. The molecule has 1 aromatic carbocycles. The van der Waals surface area contributed by atoms with Gasteiger partial charge in [0.25, 0.3) is 0 Å². The fraction of sp³-hybridized carbons (Fsp3) is 0.529. The van der Waals surface area contributed by atoms with Crippen LogP contribution in [0.5, 0.6) is 0 Å². The Hall–Kier alpha value is -1.88. The Balaban J connectivity index is 1.54. The number of nitrogens with one attached hydrogen (secondary N) is 1. The lowest BCUT2D eigenvalue weighted by molar-refractivity contribution is 0.248. The van der Waals surface area contributed by atoms with E-state index in [0.717, 1.165) is 38.7 Å². The maximum absolute atomic E-state index is 4.22. The SMILES string of the molecule is CC(C)(C)c1ccc(CN2CCN(c3ncn[nH]3)CC2)cc1. The third kappa shape index (κ3) is 3.47. The number of aromatic nitrogens is 3. The molecule has 1 saturated heterocycles. The number of hydrogen-bond acceptors (Lipinski definition) is 4. The molecule has 1 aliphatic rings. The van der Waals surface area contributed by atoms with Crippen LogP contribution in [0.15, 0.2) is 30.6 Å². The molecule has 5 heteroatoms. The molecule has 0 unspecified atom stereocenters. The van der Waals surface area contributed by atoms with Gasteiger partial charge in [0.05, 0.1) is 0 Å². The molecule has 0 aliphatic carbocycles. The minimum absolute atomic E-state index is 0.223. The predicted octanol–water partition coefficient (Wildman–Crippen LogP) is 2.42. The fourth-order valence-corrected chi connectivity index (χ4v) is 2.84. The van der Waals surface area contributed by atoms with Crippen LogP contribution in [0.4, 0.5) is 5.95 Å². The molecule has 5 nitrogen and oxygen atoms in total. The second-order valence-electron chi connectivity index (χ2n) is 7.02. The van der Waals surface area contributed by atoms with Crippen LogP contribution in [-0.4, -0.2) is 46.3 Å². The van der Waals surface area contributed by atoms with E-state index in [2.05, 4.69) is 70.0 Å². The van der Waals surface area contributed by atoms with Crippen LogP contribution in [-0.2, 0) is 12.0 Å². The number of hydrogen-bond donors (Lipinski definition) is 1. The van der Waals surface area contributed by atoms with Crippen molar-refractivity contribution in [3.05, 3.63) is 41.7 Å². The van der Waals surface area contributed by atoms with Crippen molar-refractivity contribution < 1.29 is 0 Å². The summed E-state index contributed by atoms with van der Waals surface area (Å²) in [6, 6.07) is 9.06. The van der Waals surface area contributed by atoms with Gasteiger partial charge < -0.3 is 4.90 Å². The van der Waals surface area contributed by atoms with Gasteiger partial charge >= 0.3 is 0 Å². The highest BCUT2D eigenvalue weighted by Gasteiger charge is 2.19. The average molecular weight is 299 g/mol. The van der Waals surface area contributed by atoms with Gasteiger partial charge in [0.15, 0.2) is 0 Å². The number of benzene rings is 1. The van der Waals surface area contributed by atoms with Crippen LogP contribution in [0.3, 0.4) is 0 Å². The van der Waals surface area contributed by atoms with Crippen molar-refractivity contribution in [3.63, 3.8) is 0 Å². The van der Waals surface area contributed by atoms with Gasteiger partial charge in [-0.2, -0.15) is 10.1 Å². The van der Waals surface area contributed by atoms with Crippen LogP contribution in [0.25, 0.3) is 0 Å². The van der Waals surface area contributed by atoms with Crippen molar-refractivity contribution in [1.29, 1.82) is 0 Å². The summed E-state index contributed by atoms with van der Waals surface area (Å²) in [5, 5.41) is 6.86. The molecule has 1 fully saturated rings. The molecule has 2 aromatic rings. The molecule has 1 aromatic heterocycles. The van der Waals surface area contributed by atoms with E-state index in [0.29, 0.717) is 0 Å². The lowest BCUT2D eigenvalue weighted by atomic mass is 9.87. The first kappa shape index (κ1) is 15.0. The molecule has 22 heavy (non-hydrogen) atoms. The Kier molecular flexibility index (Phi) is 4.16. The van der Waals surface area contributed by atoms with Crippen LogP contribution < -0.4 is 4.90 Å². The Morgan fingerprint density at radius 3 is 2.27 bits per heavy atom. The van der Waals surface area contributed by atoms with E-state index in [1.165, 1.54) is 11.1 Å². The number of rotatable bonds is 3. The standard InChI is InChI=1S/C17H25N5/c1-17(2,3)15-6-4-14(5-7-15)12-21-8-10-22(11-9-21)16-18-13-19-20-16/h4-7,13H,8-12H2,1-3H3,(H,18,19,20). The summed E-state index contributed by atoms with van der Waals surface area (Å²) in [4.78, 5) is 8.98. The summed E-state index contributed by atoms with van der Waals surface area (Å²) in [6.45, 7) is 11.9. The summed E-state index contributed by atoms with van der Waals surface area (Å²) in [5.41, 5.74) is 3.01. The van der Waals surface area contributed by atoms with Gasteiger partial charge in [-0.1, -0.05) is 45.0 Å². The molecular formula is C17H25N5. The number of nitrogens with zero attached hydrogens (tertiary/aromatic N) is 4. The van der Waals surface area contributed by atoms with Crippen molar-refractivity contribution in [2.45, 2.75) is 32.7 Å². The smallest absolute Gasteiger partial charge is 0.221 e. The van der Waals surface area contributed by atoms with Crippen LogP contribution in [0.1, 0.15) is 31.9 Å². The van der Waals surface area contributed by atoms with Crippen molar-refractivity contribution >= 4 is 5.95 Å². The lowest BCUT2D eigenvalue weighted by Gasteiger charge is -2.34. The molecule has 118 valence electrons. The highest BCUT2D eigenvalue weighted by Crippen LogP contribution is 2.22. The fourth-order valence-electron chi connectivity index (χ4n) is 2.84. The Morgan fingerprint density at radius 1 is 1.05 bits per heavy atom. The molecule has 0 bridgehead atoms. The van der Waals surface area contributed by atoms with Gasteiger partial charge in [0.1, 0.15) is 6.33 Å². The number of piperazine rings is 1. The van der Waals surface area contributed by atoms with Gasteiger partial charge in [0.2, 0.25) is 5.95 Å². The van der Waals surface area contributed by atoms with Gasteiger partial charge in [0, 0.05) is 32.7 Å². The van der Waals surface area contributed by atoms with Gasteiger partial charge in [-0.25, -0.2) is 5.10 Å². The summed E-state index contributed by atoms with van der Waals surface area (Å²) in [6.07, 6.45) is 1.57. The van der Waals surface area contributed by atoms with Crippen molar-refractivity contribution in [2.75, 3.05) is 31.1 Å². The molecule has 1 N–H and O–H groups in total. The van der Waals surface area contributed by atoms with E-state index < -0.39 is 0 Å². The molecule has 0 spiro atoms. The van der Waals surface area contributed by atoms with E-state index in [-0.39, 0.29) is 5.41 Å². The first-order valence-corrected chi connectivity index (χ1v) is 7.94. The highest BCUT2D eigenvalue weighted by atomic mass is 15.4. The van der Waals surface area contributed by atoms with Gasteiger partial charge in [-0.3, -0.25) is 4.90 Å². The highest BCUT2D eigenvalue weighted by molar-refractivity contribution is 5.29. The van der Waals surface area contributed by atoms with Crippen molar-refractivity contribution in [3.8, 4) is 0 Å². The van der Waals surface area contributed by atoms with Crippen LogP contribution >= 0.6 is 0 Å². The van der Waals surface area contributed by atoms with Gasteiger partial charge in [-0.15, -0.1) is 0 Å². The molecule has 3 rings (SSSR count). The van der Waals surface area contributed by atoms with E-state index in [9.17, 15) is 0 Å². The summed E-state index contributed by atoms with van der Waals surface area (Å²) < 4.78 is 0. The van der Waals surface area contributed by atoms with E-state index in [1.807, 2.05) is 0 Å². The molecule has 1 aliphatic heterocycles. The Morgan fingerprint density at radius 2 is 1.73 bits per heavy atom. The first-order chi connectivity index (χ1) is 10.5. The third-order valence-corrected chi connectivity index (χ3v) is 4.30. The van der Waals surface area contributed by atoms with Crippen molar-refractivity contribution in [2.24, 2.45) is 0 Å². The molecule has 2 heterocycles. The van der Waals surface area contributed by atoms with Gasteiger partial charge in [-0.05, 0) is 16.5 Å². The second-order valence-corrected chi connectivity index (χ2v) is 7.02. The normalized spacial score (nSPS) is 17.0. The first-order valence-electron chi connectivity index (χ1n) is 7.94. The van der Waals surface area contributed by atoms with E-state index in [4.69, 9.17) is 0 Å². The molecule has 0 atom stereocenters. The largest absolute Gasteiger partial charge is 0.339 e. The monoisotopic (exact) mass is 299 g/mol. The minimum atomic E-state index is 0.223. The lowest BCUT2D eigenvalue weighted by Crippen LogP contribution is -2.46. The molecular weight excluding hydrogens is 274 g/mol. The van der Waals surface area contributed by atoms with Crippen LogP contribution in [0.2, 0.25) is 0 Å². The minimum Gasteiger partial charge on any atom is -0.339 e. The zero-order chi connectivity index (χ0) is 15.6. The van der Waals surface area contributed by atoms with Crippen LogP contribution in [0, 0.1) is 0 Å². The van der Waals surface area contributed by atoms with Crippen molar-refractivity contribution in [1.82, 2.24) is 20.1 Å².